The number of halogens is 2. The monoisotopic (exact) mass is 202 g/mol. The van der Waals surface area contributed by atoms with Gasteiger partial charge in [0.2, 0.25) is 5.88 Å². The first-order valence-electron chi connectivity index (χ1n) is 4.20. The zero-order chi connectivity index (χ0) is 10.4. The van der Waals surface area contributed by atoms with Gasteiger partial charge in [-0.2, -0.15) is 0 Å². The van der Waals surface area contributed by atoms with Crippen molar-refractivity contribution in [1.82, 2.24) is 10.3 Å². The Morgan fingerprint density at radius 1 is 1.57 bits per heavy atom. The van der Waals surface area contributed by atoms with Crippen molar-refractivity contribution in [3.8, 4) is 5.88 Å². The summed E-state index contributed by atoms with van der Waals surface area (Å²) in [4.78, 5) is 3.95. The van der Waals surface area contributed by atoms with Crippen molar-refractivity contribution in [2.45, 2.75) is 13.0 Å². The van der Waals surface area contributed by atoms with Gasteiger partial charge in [0.1, 0.15) is 0 Å². The zero-order valence-corrected chi connectivity index (χ0v) is 7.84. The van der Waals surface area contributed by atoms with E-state index in [-0.39, 0.29) is 6.54 Å². The molecule has 78 valence electrons. The Bertz CT molecular complexity index is 281. The van der Waals surface area contributed by atoms with E-state index in [0.29, 0.717) is 12.4 Å². The van der Waals surface area contributed by atoms with Gasteiger partial charge < -0.3 is 10.1 Å². The first-order chi connectivity index (χ1) is 6.74. The fraction of sp³-hybridized carbons (Fsp3) is 0.444. The van der Waals surface area contributed by atoms with Crippen LogP contribution in [0.3, 0.4) is 0 Å². The van der Waals surface area contributed by atoms with Crippen molar-refractivity contribution in [2.75, 3.05) is 13.7 Å². The van der Waals surface area contributed by atoms with Gasteiger partial charge in [0.25, 0.3) is 6.43 Å². The zero-order valence-electron chi connectivity index (χ0n) is 7.84. The van der Waals surface area contributed by atoms with Crippen LogP contribution in [-0.2, 0) is 6.54 Å². The van der Waals surface area contributed by atoms with Crippen molar-refractivity contribution in [3.63, 3.8) is 0 Å². The maximum Gasteiger partial charge on any atom is 0.250 e. The summed E-state index contributed by atoms with van der Waals surface area (Å²) in [6, 6.07) is 3.52. The van der Waals surface area contributed by atoms with Crippen LogP contribution in [-0.4, -0.2) is 25.1 Å². The van der Waals surface area contributed by atoms with Crippen molar-refractivity contribution >= 4 is 0 Å². The predicted octanol–water partition coefficient (Wildman–Crippen LogP) is 1.44. The number of alkyl halides is 2. The molecule has 0 atom stereocenters. The van der Waals surface area contributed by atoms with Crippen LogP contribution < -0.4 is 10.1 Å². The summed E-state index contributed by atoms with van der Waals surface area (Å²) in [5.74, 6) is 0.467. The van der Waals surface area contributed by atoms with E-state index in [4.69, 9.17) is 4.74 Å². The van der Waals surface area contributed by atoms with Gasteiger partial charge in [0.05, 0.1) is 13.7 Å². The summed E-state index contributed by atoms with van der Waals surface area (Å²) in [7, 11) is 1.50. The number of hydrogen-bond donors (Lipinski definition) is 1. The number of rotatable bonds is 5. The van der Waals surface area contributed by atoms with Crippen LogP contribution in [0, 0.1) is 0 Å². The molecule has 0 unspecified atom stereocenters. The highest BCUT2D eigenvalue weighted by molar-refractivity contribution is 5.24. The van der Waals surface area contributed by atoms with Crippen LogP contribution >= 0.6 is 0 Å². The number of nitrogens with zero attached hydrogens (tertiary/aromatic N) is 1. The Morgan fingerprint density at radius 2 is 2.36 bits per heavy atom. The lowest BCUT2D eigenvalue weighted by Crippen LogP contribution is -2.21. The molecule has 5 heteroatoms. The fourth-order valence-corrected chi connectivity index (χ4v) is 1.06. The van der Waals surface area contributed by atoms with E-state index in [1.807, 2.05) is 0 Å². The third kappa shape index (κ3) is 3.26. The highest BCUT2D eigenvalue weighted by atomic mass is 19.3. The van der Waals surface area contributed by atoms with Crippen LogP contribution in [0.1, 0.15) is 5.56 Å². The Labute approximate surface area is 81.1 Å². The summed E-state index contributed by atoms with van der Waals surface area (Å²) in [6.45, 7) is 0.0133. The minimum Gasteiger partial charge on any atom is -0.481 e. The number of ether oxygens (including phenoxy) is 1. The van der Waals surface area contributed by atoms with Gasteiger partial charge in [-0.05, 0) is 6.07 Å². The molecule has 3 nitrogen and oxygen atoms in total. The Kier molecular flexibility index (Phi) is 4.25. The summed E-state index contributed by atoms with van der Waals surface area (Å²) >= 11 is 0. The van der Waals surface area contributed by atoms with E-state index in [9.17, 15) is 8.78 Å². The number of pyridine rings is 1. The molecule has 0 aliphatic carbocycles. The van der Waals surface area contributed by atoms with Gasteiger partial charge in [0, 0.05) is 18.3 Å². The van der Waals surface area contributed by atoms with Crippen molar-refractivity contribution in [3.05, 3.63) is 23.9 Å². The second-order valence-electron chi connectivity index (χ2n) is 2.69. The number of aromatic nitrogens is 1. The molecular weight excluding hydrogens is 190 g/mol. The lowest BCUT2D eigenvalue weighted by atomic mass is 10.2. The second kappa shape index (κ2) is 5.49. The molecule has 0 saturated heterocycles. The molecule has 0 amide bonds. The molecule has 1 aromatic heterocycles. The van der Waals surface area contributed by atoms with E-state index in [0.717, 1.165) is 5.56 Å². The summed E-state index contributed by atoms with van der Waals surface area (Å²) < 4.78 is 28.6. The standard InChI is InChI=1S/C9H12F2N2O/c1-14-9-7(3-2-4-13-9)5-12-6-8(10)11/h2-4,8,12H,5-6H2,1H3. The normalized spacial score (nSPS) is 10.6. The van der Waals surface area contributed by atoms with E-state index < -0.39 is 6.43 Å². The fourth-order valence-electron chi connectivity index (χ4n) is 1.06. The average Bonchev–Trinajstić information content (AvgIpc) is 2.18. The predicted molar refractivity (Wildman–Crippen MR) is 48.5 cm³/mol. The topological polar surface area (TPSA) is 34.1 Å². The first kappa shape index (κ1) is 10.8. The largest absolute Gasteiger partial charge is 0.481 e. The van der Waals surface area contributed by atoms with E-state index in [1.54, 1.807) is 18.3 Å². The lowest BCUT2D eigenvalue weighted by Gasteiger charge is -2.07. The molecule has 0 aromatic carbocycles. The first-order valence-corrected chi connectivity index (χ1v) is 4.20. The van der Waals surface area contributed by atoms with E-state index >= 15 is 0 Å². The maximum absolute atomic E-state index is 11.8. The Hall–Kier alpha value is -1.23. The molecule has 0 saturated carbocycles. The molecule has 0 radical (unpaired) electrons. The molecule has 0 aliphatic heterocycles. The maximum atomic E-state index is 11.8. The SMILES string of the molecule is COc1ncccc1CNCC(F)F. The van der Waals surface area contributed by atoms with Crippen LogP contribution in [0.5, 0.6) is 5.88 Å². The van der Waals surface area contributed by atoms with Gasteiger partial charge in [0.15, 0.2) is 0 Å². The minimum atomic E-state index is -2.34. The van der Waals surface area contributed by atoms with E-state index in [1.165, 1.54) is 7.11 Å². The lowest BCUT2D eigenvalue weighted by molar-refractivity contribution is 0.145. The molecule has 1 N–H and O–H groups in total. The Morgan fingerprint density at radius 3 is 3.00 bits per heavy atom. The molecule has 1 aromatic rings. The third-order valence-corrected chi connectivity index (χ3v) is 1.66. The molecule has 1 heterocycles. The minimum absolute atomic E-state index is 0.321. The molecule has 0 spiro atoms. The molecule has 14 heavy (non-hydrogen) atoms. The van der Waals surface area contributed by atoms with E-state index in [2.05, 4.69) is 10.3 Å². The van der Waals surface area contributed by atoms with Crippen LogP contribution in [0.4, 0.5) is 8.78 Å². The molecular formula is C9H12F2N2O. The van der Waals surface area contributed by atoms with Gasteiger partial charge in [-0.1, -0.05) is 6.07 Å². The third-order valence-electron chi connectivity index (χ3n) is 1.66. The molecule has 0 fully saturated rings. The van der Waals surface area contributed by atoms with Gasteiger partial charge in [-0.3, -0.25) is 0 Å². The smallest absolute Gasteiger partial charge is 0.250 e. The van der Waals surface area contributed by atoms with Gasteiger partial charge in [-0.15, -0.1) is 0 Å². The average molecular weight is 202 g/mol. The summed E-state index contributed by atoms with van der Waals surface area (Å²) in [5, 5.41) is 2.61. The second-order valence-corrected chi connectivity index (χ2v) is 2.69. The molecule has 0 bridgehead atoms. The van der Waals surface area contributed by atoms with Crippen LogP contribution in [0.15, 0.2) is 18.3 Å². The van der Waals surface area contributed by atoms with Crippen LogP contribution in [0.2, 0.25) is 0 Å². The van der Waals surface area contributed by atoms with Crippen molar-refractivity contribution < 1.29 is 13.5 Å². The van der Waals surface area contributed by atoms with Crippen LogP contribution in [0.25, 0.3) is 0 Å². The van der Waals surface area contributed by atoms with Gasteiger partial charge >= 0.3 is 0 Å². The number of methoxy groups -OCH3 is 1. The molecule has 0 aliphatic rings. The molecule has 1 rings (SSSR count). The summed E-state index contributed by atoms with van der Waals surface area (Å²) in [5.41, 5.74) is 0.774. The number of nitrogens with one attached hydrogen (secondary N) is 1. The van der Waals surface area contributed by atoms with Gasteiger partial charge in [-0.25, -0.2) is 13.8 Å². The quantitative estimate of drug-likeness (QED) is 0.784. The summed E-state index contributed by atoms with van der Waals surface area (Å²) in [6.07, 6.45) is -0.743. The highest BCUT2D eigenvalue weighted by Crippen LogP contribution is 2.12. The highest BCUT2D eigenvalue weighted by Gasteiger charge is 2.04. The van der Waals surface area contributed by atoms with Crippen molar-refractivity contribution in [2.24, 2.45) is 0 Å². The number of hydrogen-bond acceptors (Lipinski definition) is 3. The Balaban J connectivity index is 2.49. The van der Waals surface area contributed by atoms with Crippen molar-refractivity contribution in [1.29, 1.82) is 0 Å².